The molecular formula is C27H44Cl2N2O4. The molecule has 0 aliphatic heterocycles. The Bertz CT molecular complexity index is 882. The first-order valence-electron chi connectivity index (χ1n) is 11.7. The molecule has 1 atom stereocenters. The van der Waals surface area contributed by atoms with Gasteiger partial charge in [-0.05, 0) is 74.2 Å². The van der Waals surface area contributed by atoms with Gasteiger partial charge in [0.2, 0.25) is 0 Å². The van der Waals surface area contributed by atoms with Crippen LogP contribution in [0.2, 0.25) is 0 Å². The van der Waals surface area contributed by atoms with Gasteiger partial charge in [0.15, 0.2) is 23.0 Å². The van der Waals surface area contributed by atoms with Gasteiger partial charge in [-0.2, -0.15) is 0 Å². The molecule has 0 bridgehead atoms. The van der Waals surface area contributed by atoms with Gasteiger partial charge in [0.05, 0.1) is 28.4 Å². The number of rotatable bonds is 14. The number of methoxy groups -OCH3 is 4. The smallest absolute Gasteiger partial charge is 0.161 e. The topological polar surface area (TPSA) is 66.2 Å². The summed E-state index contributed by atoms with van der Waals surface area (Å²) in [6, 6.07) is 12.3. The molecule has 2 rings (SSSR count). The molecule has 0 saturated carbocycles. The van der Waals surface area contributed by atoms with Crippen LogP contribution in [-0.2, 0) is 11.8 Å². The highest BCUT2D eigenvalue weighted by atomic mass is 35.5. The van der Waals surface area contributed by atoms with E-state index in [1.54, 1.807) is 28.4 Å². The lowest BCUT2D eigenvalue weighted by molar-refractivity contribution is 0.255. The second-order valence-corrected chi connectivity index (χ2v) is 8.93. The molecule has 0 fully saturated rings. The van der Waals surface area contributed by atoms with E-state index in [1.807, 2.05) is 12.1 Å². The molecule has 0 aliphatic carbocycles. The first-order valence-corrected chi connectivity index (χ1v) is 11.7. The maximum atomic E-state index is 6.40. The molecule has 200 valence electrons. The van der Waals surface area contributed by atoms with Crippen molar-refractivity contribution >= 4 is 24.8 Å². The van der Waals surface area contributed by atoms with E-state index in [4.69, 9.17) is 24.7 Å². The Morgan fingerprint density at radius 1 is 0.800 bits per heavy atom. The minimum absolute atomic E-state index is 0. The van der Waals surface area contributed by atoms with Crippen LogP contribution in [-0.4, -0.2) is 60.0 Å². The monoisotopic (exact) mass is 530 g/mol. The molecule has 0 aromatic heterocycles. The van der Waals surface area contributed by atoms with Crippen molar-refractivity contribution in [3.05, 3.63) is 47.5 Å². The van der Waals surface area contributed by atoms with Crippen LogP contribution in [0.1, 0.15) is 37.8 Å². The number of benzene rings is 2. The lowest BCUT2D eigenvalue weighted by Gasteiger charge is -2.38. The van der Waals surface area contributed by atoms with Crippen LogP contribution in [0.3, 0.4) is 0 Å². The van der Waals surface area contributed by atoms with Gasteiger partial charge in [-0.15, -0.1) is 24.8 Å². The van der Waals surface area contributed by atoms with Crippen molar-refractivity contribution in [3.8, 4) is 23.0 Å². The van der Waals surface area contributed by atoms with E-state index in [0.29, 0.717) is 12.5 Å². The predicted molar refractivity (Wildman–Crippen MR) is 150 cm³/mol. The predicted octanol–water partition coefficient (Wildman–Crippen LogP) is 5.37. The number of ether oxygens (including phenoxy) is 4. The largest absolute Gasteiger partial charge is 0.493 e. The summed E-state index contributed by atoms with van der Waals surface area (Å²) in [5.41, 5.74) is 8.74. The van der Waals surface area contributed by atoms with Crippen LogP contribution in [0, 0.1) is 5.92 Å². The number of likely N-dealkylation sites (N-methyl/N-ethyl adjacent to an activating group) is 1. The third kappa shape index (κ3) is 8.35. The van der Waals surface area contributed by atoms with Crippen LogP contribution in [0.25, 0.3) is 0 Å². The van der Waals surface area contributed by atoms with Crippen LogP contribution in [0.15, 0.2) is 36.4 Å². The molecule has 0 spiro atoms. The van der Waals surface area contributed by atoms with Gasteiger partial charge in [0, 0.05) is 18.5 Å². The van der Waals surface area contributed by atoms with Crippen LogP contribution in [0.4, 0.5) is 0 Å². The fourth-order valence-corrected chi connectivity index (χ4v) is 4.50. The maximum Gasteiger partial charge on any atom is 0.161 e. The fraction of sp³-hybridized carbons (Fsp3) is 0.556. The van der Waals surface area contributed by atoms with E-state index < -0.39 is 0 Å². The lowest BCUT2D eigenvalue weighted by Crippen LogP contribution is -2.41. The molecule has 0 saturated heterocycles. The van der Waals surface area contributed by atoms with Gasteiger partial charge in [0.25, 0.3) is 0 Å². The molecule has 2 aromatic carbocycles. The second kappa shape index (κ2) is 16.0. The summed E-state index contributed by atoms with van der Waals surface area (Å²) in [7, 11) is 8.84. The van der Waals surface area contributed by atoms with Crippen molar-refractivity contribution in [2.75, 3.05) is 55.1 Å². The molecule has 0 radical (unpaired) electrons. The highest BCUT2D eigenvalue weighted by Crippen LogP contribution is 2.40. The Kier molecular flexibility index (Phi) is 15.1. The summed E-state index contributed by atoms with van der Waals surface area (Å²) in [5, 5.41) is 0. The average Bonchev–Trinajstić information content (AvgIpc) is 2.84. The van der Waals surface area contributed by atoms with Crippen LogP contribution < -0.4 is 24.7 Å². The van der Waals surface area contributed by atoms with E-state index in [2.05, 4.69) is 50.1 Å². The minimum atomic E-state index is -0.107. The molecule has 8 heteroatoms. The summed E-state index contributed by atoms with van der Waals surface area (Å²) >= 11 is 0. The summed E-state index contributed by atoms with van der Waals surface area (Å²) in [6.07, 6.45) is 3.03. The molecule has 2 aromatic rings. The summed E-state index contributed by atoms with van der Waals surface area (Å²) in [5.74, 6) is 3.43. The fourth-order valence-electron chi connectivity index (χ4n) is 4.50. The zero-order chi connectivity index (χ0) is 24.4. The van der Waals surface area contributed by atoms with Gasteiger partial charge in [0.1, 0.15) is 0 Å². The number of nitrogens with zero attached hydrogens (tertiary/aromatic N) is 1. The van der Waals surface area contributed by atoms with E-state index >= 15 is 0 Å². The van der Waals surface area contributed by atoms with Crippen LogP contribution in [0.5, 0.6) is 23.0 Å². The first kappa shape index (κ1) is 33.1. The summed E-state index contributed by atoms with van der Waals surface area (Å²) in [6.45, 7) is 7.09. The van der Waals surface area contributed by atoms with Crippen molar-refractivity contribution in [2.45, 2.75) is 38.5 Å². The standard InChI is InChI=1S/C27H42N2O4.2ClH/c1-20(2)27(19-28,22-10-12-24(31-5)26(18-22)33-7)14-8-15-29(3)16-13-21-9-11-23(30-4)25(17-21)32-6;;/h9-12,17-18,20H,8,13-16,19,28H2,1-7H3;2*1H. The van der Waals surface area contributed by atoms with Crippen molar-refractivity contribution in [1.82, 2.24) is 4.90 Å². The minimum Gasteiger partial charge on any atom is -0.493 e. The number of hydrogen-bond acceptors (Lipinski definition) is 6. The molecular weight excluding hydrogens is 487 g/mol. The Morgan fingerprint density at radius 2 is 1.34 bits per heavy atom. The molecule has 0 amide bonds. The average molecular weight is 532 g/mol. The Labute approximate surface area is 224 Å². The SMILES string of the molecule is COc1ccc(CCN(C)CCCC(CN)(c2ccc(OC)c(OC)c2)C(C)C)cc1OC.Cl.Cl. The lowest BCUT2D eigenvalue weighted by atomic mass is 9.68. The van der Waals surface area contributed by atoms with Gasteiger partial charge < -0.3 is 29.6 Å². The van der Waals surface area contributed by atoms with Gasteiger partial charge in [-0.1, -0.05) is 26.0 Å². The van der Waals surface area contributed by atoms with Crippen LogP contribution >= 0.6 is 24.8 Å². The molecule has 1 unspecified atom stereocenters. The van der Waals surface area contributed by atoms with E-state index in [0.717, 1.165) is 55.4 Å². The molecule has 0 aliphatic rings. The third-order valence-electron chi connectivity index (χ3n) is 6.82. The Balaban J connectivity index is 0.00000578. The van der Waals surface area contributed by atoms with E-state index in [1.165, 1.54) is 11.1 Å². The second-order valence-electron chi connectivity index (χ2n) is 8.93. The van der Waals surface area contributed by atoms with Crippen molar-refractivity contribution in [3.63, 3.8) is 0 Å². The Hall–Kier alpha value is -1.86. The van der Waals surface area contributed by atoms with Crippen molar-refractivity contribution < 1.29 is 18.9 Å². The number of halogens is 2. The zero-order valence-corrected chi connectivity index (χ0v) is 23.9. The third-order valence-corrected chi connectivity index (χ3v) is 6.82. The van der Waals surface area contributed by atoms with E-state index in [-0.39, 0.29) is 30.2 Å². The van der Waals surface area contributed by atoms with Crippen molar-refractivity contribution in [1.29, 1.82) is 0 Å². The zero-order valence-electron chi connectivity index (χ0n) is 22.3. The molecule has 6 nitrogen and oxygen atoms in total. The normalized spacial score (nSPS) is 12.4. The number of nitrogens with two attached hydrogens (primary N) is 1. The van der Waals surface area contributed by atoms with Crippen molar-refractivity contribution in [2.24, 2.45) is 11.7 Å². The highest BCUT2D eigenvalue weighted by Gasteiger charge is 2.34. The molecule has 35 heavy (non-hydrogen) atoms. The highest BCUT2D eigenvalue weighted by molar-refractivity contribution is 5.85. The van der Waals surface area contributed by atoms with Gasteiger partial charge in [-0.3, -0.25) is 0 Å². The van der Waals surface area contributed by atoms with Gasteiger partial charge >= 0.3 is 0 Å². The summed E-state index contributed by atoms with van der Waals surface area (Å²) < 4.78 is 21.7. The Morgan fingerprint density at radius 3 is 1.86 bits per heavy atom. The summed E-state index contributed by atoms with van der Waals surface area (Å²) in [4.78, 5) is 2.38. The molecule has 2 N–H and O–H groups in total. The van der Waals surface area contributed by atoms with E-state index in [9.17, 15) is 0 Å². The number of hydrogen-bond donors (Lipinski definition) is 1. The maximum absolute atomic E-state index is 6.40. The molecule has 0 heterocycles. The quantitative estimate of drug-likeness (QED) is 0.354. The first-order chi connectivity index (χ1) is 15.8. The van der Waals surface area contributed by atoms with Gasteiger partial charge in [-0.25, -0.2) is 0 Å².